The molecule has 1 unspecified atom stereocenters. The fourth-order valence-corrected chi connectivity index (χ4v) is 1.55. The number of hydrogen-bond donors (Lipinski definition) is 0. The highest BCUT2D eigenvalue weighted by atomic mass is 35.5. The quantitative estimate of drug-likeness (QED) is 0.725. The van der Waals surface area contributed by atoms with Crippen LogP contribution in [0.25, 0.3) is 0 Å². The van der Waals surface area contributed by atoms with Crippen molar-refractivity contribution < 1.29 is 0 Å². The molecule has 0 fully saturated rings. The SMILES string of the molecule is Cc1cc(CC(C#N)CCl)ccc1Cl. The first-order valence-electron chi connectivity index (χ1n) is 4.38. The van der Waals surface area contributed by atoms with E-state index in [0.717, 1.165) is 16.1 Å². The smallest absolute Gasteiger partial charge is 0.0671 e. The van der Waals surface area contributed by atoms with Gasteiger partial charge in [-0.15, -0.1) is 11.6 Å². The van der Waals surface area contributed by atoms with Crippen LogP contribution < -0.4 is 0 Å². The second kappa shape index (κ2) is 5.24. The molecule has 0 radical (unpaired) electrons. The summed E-state index contributed by atoms with van der Waals surface area (Å²) in [5.41, 5.74) is 2.15. The molecule has 0 aliphatic carbocycles. The fraction of sp³-hybridized carbons (Fsp3) is 0.364. The number of halogens is 2. The van der Waals surface area contributed by atoms with Crippen molar-refractivity contribution in [1.29, 1.82) is 5.26 Å². The predicted octanol–water partition coefficient (Wildman–Crippen LogP) is 3.57. The molecule has 1 aromatic rings. The number of rotatable bonds is 3. The Hall–Kier alpha value is -0.710. The Bertz CT molecular complexity index is 355. The van der Waals surface area contributed by atoms with E-state index in [1.165, 1.54) is 0 Å². The number of nitriles is 1. The average Bonchev–Trinajstić information content (AvgIpc) is 2.19. The summed E-state index contributed by atoms with van der Waals surface area (Å²) in [7, 11) is 0. The fourth-order valence-electron chi connectivity index (χ4n) is 1.25. The summed E-state index contributed by atoms with van der Waals surface area (Å²) in [5, 5.41) is 9.51. The molecule has 0 saturated heterocycles. The normalized spacial score (nSPS) is 12.1. The van der Waals surface area contributed by atoms with Gasteiger partial charge in [0.05, 0.1) is 12.0 Å². The van der Waals surface area contributed by atoms with E-state index in [1.807, 2.05) is 25.1 Å². The number of aryl methyl sites for hydroxylation is 1. The number of benzene rings is 1. The van der Waals surface area contributed by atoms with Crippen LogP contribution in [0.5, 0.6) is 0 Å². The van der Waals surface area contributed by atoms with Gasteiger partial charge in [-0.25, -0.2) is 0 Å². The Morgan fingerprint density at radius 2 is 2.21 bits per heavy atom. The van der Waals surface area contributed by atoms with Gasteiger partial charge in [-0.1, -0.05) is 23.7 Å². The van der Waals surface area contributed by atoms with Crippen LogP contribution in [0.15, 0.2) is 18.2 Å². The molecule has 0 bridgehead atoms. The molecule has 14 heavy (non-hydrogen) atoms. The number of nitrogens with zero attached hydrogens (tertiary/aromatic N) is 1. The predicted molar refractivity (Wildman–Crippen MR) is 59.7 cm³/mol. The van der Waals surface area contributed by atoms with Gasteiger partial charge in [-0.2, -0.15) is 5.26 Å². The number of alkyl halides is 1. The van der Waals surface area contributed by atoms with E-state index < -0.39 is 0 Å². The van der Waals surface area contributed by atoms with E-state index >= 15 is 0 Å². The highest BCUT2D eigenvalue weighted by Crippen LogP contribution is 2.18. The maximum Gasteiger partial charge on any atom is 0.0671 e. The maximum absolute atomic E-state index is 8.75. The van der Waals surface area contributed by atoms with Gasteiger partial charge in [0, 0.05) is 10.9 Å². The molecule has 3 heteroatoms. The van der Waals surface area contributed by atoms with Crippen LogP contribution in [0.2, 0.25) is 5.02 Å². The third-order valence-electron chi connectivity index (χ3n) is 2.07. The van der Waals surface area contributed by atoms with Gasteiger partial charge in [-0.3, -0.25) is 0 Å². The van der Waals surface area contributed by atoms with Crippen LogP contribution in [-0.2, 0) is 6.42 Å². The maximum atomic E-state index is 8.75. The molecule has 1 rings (SSSR count). The Morgan fingerprint density at radius 1 is 1.50 bits per heavy atom. The second-order valence-corrected chi connectivity index (χ2v) is 3.98. The highest BCUT2D eigenvalue weighted by Gasteiger charge is 2.07. The van der Waals surface area contributed by atoms with Crippen molar-refractivity contribution in [3.8, 4) is 6.07 Å². The van der Waals surface area contributed by atoms with Crippen molar-refractivity contribution in [3.63, 3.8) is 0 Å². The summed E-state index contributed by atoms with van der Waals surface area (Å²) in [6, 6.07) is 7.96. The van der Waals surface area contributed by atoms with Crippen LogP contribution >= 0.6 is 23.2 Å². The highest BCUT2D eigenvalue weighted by molar-refractivity contribution is 6.31. The standard InChI is InChI=1S/C11H11Cl2N/c1-8-4-9(2-3-11(8)13)5-10(6-12)7-14/h2-4,10H,5-6H2,1H3. The van der Waals surface area contributed by atoms with Gasteiger partial charge >= 0.3 is 0 Å². The van der Waals surface area contributed by atoms with E-state index in [0.29, 0.717) is 12.3 Å². The zero-order chi connectivity index (χ0) is 10.6. The third kappa shape index (κ3) is 2.90. The van der Waals surface area contributed by atoms with Crippen molar-refractivity contribution >= 4 is 23.2 Å². The van der Waals surface area contributed by atoms with Gasteiger partial charge in [0.1, 0.15) is 0 Å². The lowest BCUT2D eigenvalue weighted by Crippen LogP contribution is -2.03. The van der Waals surface area contributed by atoms with E-state index in [4.69, 9.17) is 28.5 Å². The summed E-state index contributed by atoms with van der Waals surface area (Å²) in [4.78, 5) is 0. The molecule has 0 N–H and O–H groups in total. The van der Waals surface area contributed by atoms with Crippen LogP contribution in [0.3, 0.4) is 0 Å². The molecular formula is C11H11Cl2N. The molecule has 74 valence electrons. The van der Waals surface area contributed by atoms with Crippen molar-refractivity contribution in [2.75, 3.05) is 5.88 Å². The lowest BCUT2D eigenvalue weighted by molar-refractivity contribution is 0.746. The van der Waals surface area contributed by atoms with Crippen LogP contribution in [0, 0.1) is 24.2 Å². The molecule has 0 aliphatic heterocycles. The van der Waals surface area contributed by atoms with E-state index in [-0.39, 0.29) is 5.92 Å². The molecule has 0 spiro atoms. The molecule has 0 aliphatic rings. The summed E-state index contributed by atoms with van der Waals surface area (Å²) >= 11 is 11.5. The van der Waals surface area contributed by atoms with E-state index in [9.17, 15) is 0 Å². The Morgan fingerprint density at radius 3 is 2.71 bits per heavy atom. The topological polar surface area (TPSA) is 23.8 Å². The van der Waals surface area contributed by atoms with Crippen molar-refractivity contribution in [1.82, 2.24) is 0 Å². The lowest BCUT2D eigenvalue weighted by Gasteiger charge is -2.06. The van der Waals surface area contributed by atoms with E-state index in [2.05, 4.69) is 6.07 Å². The second-order valence-electron chi connectivity index (χ2n) is 3.27. The Kier molecular flexibility index (Phi) is 4.25. The van der Waals surface area contributed by atoms with Crippen molar-refractivity contribution in [3.05, 3.63) is 34.3 Å². The molecule has 1 nitrogen and oxygen atoms in total. The molecular weight excluding hydrogens is 217 g/mol. The molecule has 0 aromatic heterocycles. The average molecular weight is 228 g/mol. The summed E-state index contributed by atoms with van der Waals surface area (Å²) in [6.07, 6.45) is 0.692. The Balaban J connectivity index is 2.78. The molecule has 0 heterocycles. The third-order valence-corrected chi connectivity index (χ3v) is 2.87. The minimum atomic E-state index is -0.114. The van der Waals surface area contributed by atoms with Crippen LogP contribution in [0.1, 0.15) is 11.1 Å². The van der Waals surface area contributed by atoms with Gasteiger partial charge in [0.25, 0.3) is 0 Å². The zero-order valence-corrected chi connectivity index (χ0v) is 9.44. The number of hydrogen-bond acceptors (Lipinski definition) is 1. The van der Waals surface area contributed by atoms with Crippen molar-refractivity contribution in [2.24, 2.45) is 5.92 Å². The van der Waals surface area contributed by atoms with Gasteiger partial charge < -0.3 is 0 Å². The van der Waals surface area contributed by atoms with Gasteiger partial charge in [-0.05, 0) is 30.5 Å². The first-order valence-corrected chi connectivity index (χ1v) is 5.29. The largest absolute Gasteiger partial charge is 0.198 e. The summed E-state index contributed by atoms with van der Waals surface area (Å²) < 4.78 is 0. The lowest BCUT2D eigenvalue weighted by atomic mass is 10.0. The summed E-state index contributed by atoms with van der Waals surface area (Å²) in [6.45, 7) is 1.95. The van der Waals surface area contributed by atoms with Crippen molar-refractivity contribution in [2.45, 2.75) is 13.3 Å². The first kappa shape index (κ1) is 11.4. The molecule has 1 aromatic carbocycles. The van der Waals surface area contributed by atoms with Gasteiger partial charge in [0.2, 0.25) is 0 Å². The summed E-state index contributed by atoms with van der Waals surface area (Å²) in [5.74, 6) is 0.260. The van der Waals surface area contributed by atoms with Crippen LogP contribution in [-0.4, -0.2) is 5.88 Å². The Labute approximate surface area is 94.3 Å². The van der Waals surface area contributed by atoms with Gasteiger partial charge in [0.15, 0.2) is 0 Å². The molecule has 0 saturated carbocycles. The monoisotopic (exact) mass is 227 g/mol. The molecule has 1 atom stereocenters. The van der Waals surface area contributed by atoms with E-state index in [1.54, 1.807) is 0 Å². The van der Waals surface area contributed by atoms with Crippen LogP contribution in [0.4, 0.5) is 0 Å². The first-order chi connectivity index (χ1) is 6.67. The minimum absolute atomic E-state index is 0.114. The minimum Gasteiger partial charge on any atom is -0.198 e. The zero-order valence-electron chi connectivity index (χ0n) is 7.93. The molecule has 0 amide bonds.